The Kier molecular flexibility index (Phi) is 2.74. The van der Waals surface area contributed by atoms with E-state index in [9.17, 15) is 13.6 Å². The minimum atomic E-state index is -0.726. The molecule has 4 heteroatoms. The van der Waals surface area contributed by atoms with Crippen molar-refractivity contribution in [2.24, 2.45) is 0 Å². The molecular weight excluding hydrogens is 166 g/mol. The topological polar surface area (TPSA) is 26.3 Å². The first-order valence-corrected chi connectivity index (χ1v) is 3.25. The average Bonchev–Trinajstić information content (AvgIpc) is 1.99. The second-order valence-electron chi connectivity index (χ2n) is 2.08. The van der Waals surface area contributed by atoms with Crippen LogP contribution in [0.2, 0.25) is 0 Å². The van der Waals surface area contributed by atoms with Gasteiger partial charge in [-0.1, -0.05) is 0 Å². The molecule has 2 nitrogen and oxygen atoms in total. The molecule has 0 aliphatic carbocycles. The van der Waals surface area contributed by atoms with E-state index >= 15 is 0 Å². The molecule has 64 valence electrons. The lowest BCUT2D eigenvalue weighted by atomic mass is 10.3. The molecule has 0 atom stereocenters. The third-order valence-electron chi connectivity index (χ3n) is 1.15. The van der Waals surface area contributed by atoms with Crippen molar-refractivity contribution in [3.8, 4) is 5.75 Å². The zero-order valence-corrected chi connectivity index (χ0v) is 6.09. The van der Waals surface area contributed by atoms with E-state index in [1.54, 1.807) is 0 Å². The van der Waals surface area contributed by atoms with Crippen LogP contribution in [-0.2, 0) is 4.79 Å². The predicted molar refractivity (Wildman–Crippen MR) is 37.9 cm³/mol. The molecule has 0 aliphatic heterocycles. The van der Waals surface area contributed by atoms with Crippen molar-refractivity contribution in [1.82, 2.24) is 0 Å². The van der Waals surface area contributed by atoms with Crippen molar-refractivity contribution in [3.63, 3.8) is 0 Å². The molecule has 0 amide bonds. The van der Waals surface area contributed by atoms with Crippen LogP contribution in [0, 0.1) is 11.6 Å². The minimum absolute atomic E-state index is 0.0135. The third-order valence-corrected chi connectivity index (χ3v) is 1.15. The maximum Gasteiger partial charge on any atom is 0.157 e. The highest BCUT2D eigenvalue weighted by molar-refractivity contribution is 5.51. The molecule has 0 unspecified atom stereocenters. The van der Waals surface area contributed by atoms with Crippen LogP contribution in [0.25, 0.3) is 0 Å². The van der Waals surface area contributed by atoms with Gasteiger partial charge in [0.25, 0.3) is 0 Å². The normalized spacial score (nSPS) is 9.50. The molecule has 12 heavy (non-hydrogen) atoms. The lowest BCUT2D eigenvalue weighted by Gasteiger charge is -2.01. The van der Waals surface area contributed by atoms with Gasteiger partial charge in [-0.2, -0.15) is 0 Å². The maximum absolute atomic E-state index is 12.4. The van der Waals surface area contributed by atoms with E-state index < -0.39 is 11.6 Å². The highest BCUT2D eigenvalue weighted by Gasteiger charge is 2.00. The van der Waals surface area contributed by atoms with E-state index in [1.807, 2.05) is 0 Å². The first-order valence-electron chi connectivity index (χ1n) is 3.25. The SMILES string of the molecule is O=CCOc1cc(F)cc(F)c1. The lowest BCUT2D eigenvalue weighted by molar-refractivity contribution is -0.109. The fourth-order valence-electron chi connectivity index (χ4n) is 0.742. The first kappa shape index (κ1) is 8.64. The second kappa shape index (κ2) is 3.80. The van der Waals surface area contributed by atoms with Crippen LogP contribution >= 0.6 is 0 Å². The van der Waals surface area contributed by atoms with Gasteiger partial charge in [0.2, 0.25) is 0 Å². The number of carbonyl (C=O) groups excluding carboxylic acids is 1. The quantitative estimate of drug-likeness (QED) is 0.646. The predicted octanol–water partition coefficient (Wildman–Crippen LogP) is 1.54. The van der Waals surface area contributed by atoms with Gasteiger partial charge in [-0.15, -0.1) is 0 Å². The fraction of sp³-hybridized carbons (Fsp3) is 0.125. The zero-order valence-electron chi connectivity index (χ0n) is 6.09. The van der Waals surface area contributed by atoms with Gasteiger partial charge in [0.05, 0.1) is 0 Å². The monoisotopic (exact) mass is 172 g/mol. The van der Waals surface area contributed by atoms with Crippen LogP contribution in [0.4, 0.5) is 8.78 Å². The summed E-state index contributed by atoms with van der Waals surface area (Å²) in [7, 11) is 0. The number of halogens is 2. The van der Waals surface area contributed by atoms with Gasteiger partial charge in [-0.05, 0) is 0 Å². The number of hydrogen-bond acceptors (Lipinski definition) is 2. The van der Waals surface area contributed by atoms with Crippen LogP contribution in [-0.4, -0.2) is 12.9 Å². The summed E-state index contributed by atoms with van der Waals surface area (Å²) in [5, 5.41) is 0. The number of carbonyl (C=O) groups is 1. The van der Waals surface area contributed by atoms with Gasteiger partial charge in [-0.3, -0.25) is 4.79 Å². The smallest absolute Gasteiger partial charge is 0.157 e. The molecule has 0 saturated carbocycles. The van der Waals surface area contributed by atoms with Crippen molar-refractivity contribution in [2.45, 2.75) is 0 Å². The average molecular weight is 172 g/mol. The molecule has 0 aromatic heterocycles. The molecular formula is C8H6F2O2. The van der Waals surface area contributed by atoms with Crippen LogP contribution < -0.4 is 4.74 Å². The van der Waals surface area contributed by atoms with E-state index in [0.717, 1.165) is 18.2 Å². The van der Waals surface area contributed by atoms with Gasteiger partial charge in [-0.25, -0.2) is 8.78 Å². The summed E-state index contributed by atoms with van der Waals surface area (Å²) >= 11 is 0. The summed E-state index contributed by atoms with van der Waals surface area (Å²) < 4.78 is 29.6. The number of benzene rings is 1. The first-order chi connectivity index (χ1) is 5.72. The third kappa shape index (κ3) is 2.30. The van der Waals surface area contributed by atoms with Crippen LogP contribution in [0.3, 0.4) is 0 Å². The molecule has 0 N–H and O–H groups in total. The summed E-state index contributed by atoms with van der Waals surface area (Å²) in [6, 6.07) is 2.74. The molecule has 0 fully saturated rings. The van der Waals surface area contributed by atoms with Crippen molar-refractivity contribution in [2.75, 3.05) is 6.61 Å². The Hall–Kier alpha value is -1.45. The molecule has 0 spiro atoms. The summed E-state index contributed by atoms with van der Waals surface area (Å²) in [6.07, 6.45) is 0.503. The molecule has 0 aliphatic rings. The summed E-state index contributed by atoms with van der Waals surface area (Å²) in [6.45, 7) is -0.205. The van der Waals surface area contributed by atoms with Crippen molar-refractivity contribution < 1.29 is 18.3 Å². The number of rotatable bonds is 3. The lowest BCUT2D eigenvalue weighted by Crippen LogP contribution is -1.98. The van der Waals surface area contributed by atoms with Crippen molar-refractivity contribution >= 4 is 6.29 Å². The van der Waals surface area contributed by atoms with E-state index in [1.165, 1.54) is 0 Å². The molecule has 1 rings (SSSR count). The Labute approximate surface area is 67.8 Å². The summed E-state index contributed by atoms with van der Waals surface area (Å²) in [4.78, 5) is 9.84. The van der Waals surface area contributed by atoms with Crippen molar-refractivity contribution in [3.05, 3.63) is 29.8 Å². The molecule has 1 aromatic carbocycles. The standard InChI is InChI=1S/C8H6F2O2/c9-6-3-7(10)5-8(4-6)12-2-1-11/h1,3-5H,2H2. The fourth-order valence-corrected chi connectivity index (χ4v) is 0.742. The minimum Gasteiger partial charge on any atom is -0.486 e. The zero-order chi connectivity index (χ0) is 8.97. The highest BCUT2D eigenvalue weighted by Crippen LogP contribution is 2.14. The molecule has 0 heterocycles. The molecule has 0 radical (unpaired) electrons. The van der Waals surface area contributed by atoms with Gasteiger partial charge in [0.15, 0.2) is 6.29 Å². The summed E-state index contributed by atoms with van der Waals surface area (Å²) in [5.74, 6) is -1.44. The van der Waals surface area contributed by atoms with E-state index in [-0.39, 0.29) is 12.4 Å². The Morgan fingerprint density at radius 1 is 1.25 bits per heavy atom. The second-order valence-corrected chi connectivity index (χ2v) is 2.08. The van der Waals surface area contributed by atoms with Gasteiger partial charge >= 0.3 is 0 Å². The Morgan fingerprint density at radius 3 is 2.33 bits per heavy atom. The van der Waals surface area contributed by atoms with E-state index in [2.05, 4.69) is 4.74 Å². The maximum atomic E-state index is 12.4. The number of ether oxygens (including phenoxy) is 1. The highest BCUT2D eigenvalue weighted by atomic mass is 19.1. The van der Waals surface area contributed by atoms with Gasteiger partial charge in [0, 0.05) is 18.2 Å². The Balaban J connectivity index is 2.78. The molecule has 0 saturated heterocycles. The Bertz CT molecular complexity index is 266. The number of aldehydes is 1. The summed E-state index contributed by atoms with van der Waals surface area (Å²) in [5.41, 5.74) is 0. The van der Waals surface area contributed by atoms with E-state index in [4.69, 9.17) is 0 Å². The largest absolute Gasteiger partial charge is 0.486 e. The Morgan fingerprint density at radius 2 is 1.83 bits per heavy atom. The van der Waals surface area contributed by atoms with E-state index in [0.29, 0.717) is 6.29 Å². The van der Waals surface area contributed by atoms with Crippen LogP contribution in [0.15, 0.2) is 18.2 Å². The number of hydrogen-bond donors (Lipinski definition) is 0. The van der Waals surface area contributed by atoms with Gasteiger partial charge < -0.3 is 4.74 Å². The molecule has 0 bridgehead atoms. The van der Waals surface area contributed by atoms with Crippen molar-refractivity contribution in [1.29, 1.82) is 0 Å². The van der Waals surface area contributed by atoms with Gasteiger partial charge in [0.1, 0.15) is 24.0 Å². The van der Waals surface area contributed by atoms with Crippen LogP contribution in [0.5, 0.6) is 5.75 Å². The van der Waals surface area contributed by atoms with Crippen LogP contribution in [0.1, 0.15) is 0 Å². The molecule has 1 aromatic rings.